The minimum atomic E-state index is -1.04. The molecule has 1 saturated heterocycles. The number of anilines is 1. The molecule has 1 atom stereocenters. The lowest BCUT2D eigenvalue weighted by molar-refractivity contribution is -0.132. The van der Waals surface area contributed by atoms with E-state index < -0.39 is 17.7 Å². The zero-order chi connectivity index (χ0) is 26.3. The first kappa shape index (κ1) is 24.6. The van der Waals surface area contributed by atoms with Gasteiger partial charge in [-0.15, -0.1) is 0 Å². The fourth-order valence-corrected chi connectivity index (χ4v) is 5.48. The summed E-state index contributed by atoms with van der Waals surface area (Å²) in [4.78, 5) is 32.9. The third kappa shape index (κ3) is 4.16. The second-order valence-corrected chi connectivity index (χ2v) is 9.53. The fourth-order valence-electron chi connectivity index (χ4n) is 4.34. The van der Waals surface area contributed by atoms with Crippen molar-refractivity contribution in [2.24, 2.45) is 0 Å². The smallest absolute Gasteiger partial charge is 0.301 e. The second kappa shape index (κ2) is 9.76. The number of benzene rings is 3. The molecule has 1 aliphatic heterocycles. The summed E-state index contributed by atoms with van der Waals surface area (Å²) >= 11 is 7.25. The molecule has 0 radical (unpaired) electrons. The van der Waals surface area contributed by atoms with Crippen molar-refractivity contribution in [3.8, 4) is 17.2 Å². The van der Waals surface area contributed by atoms with Crippen molar-refractivity contribution in [2.45, 2.75) is 6.04 Å². The fraction of sp³-hybridized carbons (Fsp3) is 0.148. The molecule has 1 unspecified atom stereocenters. The Hall–Kier alpha value is -4.08. The number of fused-ring (bicyclic) bond motifs is 1. The molecule has 1 aliphatic rings. The summed E-state index contributed by atoms with van der Waals surface area (Å²) in [5.41, 5.74) is 1.32. The summed E-state index contributed by atoms with van der Waals surface area (Å²) < 4.78 is 17.2. The first-order valence-electron chi connectivity index (χ1n) is 11.1. The largest absolute Gasteiger partial charge is 0.507 e. The molecule has 2 heterocycles. The first-order valence-corrected chi connectivity index (χ1v) is 12.3. The standard InChI is InChI=1S/C27H21ClN2O6S/c1-34-16-11-12-18-20(13-16)37-27(29-18)30-22(17-5-4-6-19(35-2)25(17)36-3)21(24(32)26(30)33)23(31)14-7-9-15(28)10-8-14/h4-13,22,31H,1-3H3. The van der Waals surface area contributed by atoms with Crippen LogP contribution in [-0.2, 0) is 9.59 Å². The van der Waals surface area contributed by atoms with E-state index in [1.807, 2.05) is 6.07 Å². The van der Waals surface area contributed by atoms with Crippen molar-refractivity contribution in [3.05, 3.63) is 82.4 Å². The molecule has 8 nitrogen and oxygen atoms in total. The molecule has 4 aromatic rings. The number of nitrogens with zero attached hydrogens (tertiary/aromatic N) is 2. The Morgan fingerprint density at radius 1 is 1.00 bits per heavy atom. The molecule has 3 aromatic carbocycles. The Bertz CT molecular complexity index is 1560. The van der Waals surface area contributed by atoms with Crippen LogP contribution in [0.5, 0.6) is 17.2 Å². The average molecular weight is 537 g/mol. The monoisotopic (exact) mass is 536 g/mol. The van der Waals surface area contributed by atoms with Crippen LogP contribution in [-0.4, -0.2) is 43.1 Å². The highest BCUT2D eigenvalue weighted by Crippen LogP contribution is 2.48. The molecule has 37 heavy (non-hydrogen) atoms. The Kier molecular flexibility index (Phi) is 6.49. The van der Waals surface area contributed by atoms with Gasteiger partial charge in [0.05, 0.1) is 37.1 Å². The number of aliphatic hydroxyl groups is 1. The van der Waals surface area contributed by atoms with Gasteiger partial charge in [-0.05, 0) is 48.5 Å². The van der Waals surface area contributed by atoms with Crippen LogP contribution in [0.1, 0.15) is 17.2 Å². The van der Waals surface area contributed by atoms with Gasteiger partial charge in [0.25, 0.3) is 5.78 Å². The van der Waals surface area contributed by atoms with E-state index in [9.17, 15) is 14.7 Å². The van der Waals surface area contributed by atoms with Crippen molar-refractivity contribution in [2.75, 3.05) is 26.2 Å². The quantitative estimate of drug-likeness (QED) is 0.194. The van der Waals surface area contributed by atoms with Gasteiger partial charge in [-0.1, -0.05) is 35.1 Å². The molecule has 0 aliphatic carbocycles. The molecule has 1 amide bonds. The molecule has 1 fully saturated rings. The number of methoxy groups -OCH3 is 3. The lowest BCUT2D eigenvalue weighted by atomic mass is 9.94. The van der Waals surface area contributed by atoms with Crippen LogP contribution in [0.3, 0.4) is 0 Å². The van der Waals surface area contributed by atoms with Gasteiger partial charge in [-0.2, -0.15) is 0 Å². The lowest BCUT2D eigenvalue weighted by Crippen LogP contribution is -2.29. The Morgan fingerprint density at radius 3 is 2.43 bits per heavy atom. The zero-order valence-corrected chi connectivity index (χ0v) is 21.6. The molecular weight excluding hydrogens is 516 g/mol. The van der Waals surface area contributed by atoms with Crippen LogP contribution in [0.25, 0.3) is 16.0 Å². The van der Waals surface area contributed by atoms with E-state index in [2.05, 4.69) is 4.98 Å². The number of ether oxygens (including phenoxy) is 3. The lowest BCUT2D eigenvalue weighted by Gasteiger charge is -2.25. The Balaban J connectivity index is 1.77. The molecule has 188 valence electrons. The predicted octanol–water partition coefficient (Wildman–Crippen LogP) is 5.60. The molecule has 5 rings (SSSR count). The summed E-state index contributed by atoms with van der Waals surface area (Å²) in [6.45, 7) is 0. The van der Waals surface area contributed by atoms with Gasteiger partial charge in [0.1, 0.15) is 17.6 Å². The Morgan fingerprint density at radius 2 is 1.76 bits per heavy atom. The van der Waals surface area contributed by atoms with Gasteiger partial charge in [-0.25, -0.2) is 4.98 Å². The number of halogens is 1. The number of ketones is 1. The summed E-state index contributed by atoms with van der Waals surface area (Å²) in [7, 11) is 4.53. The number of carbonyl (C=O) groups excluding carboxylic acids is 2. The number of hydrogen-bond donors (Lipinski definition) is 1. The van der Waals surface area contributed by atoms with Crippen molar-refractivity contribution >= 4 is 55.7 Å². The van der Waals surface area contributed by atoms with Gasteiger partial charge in [-0.3, -0.25) is 14.5 Å². The van der Waals surface area contributed by atoms with Gasteiger partial charge < -0.3 is 19.3 Å². The number of aliphatic hydroxyl groups excluding tert-OH is 1. The topological polar surface area (TPSA) is 98.2 Å². The number of carbonyl (C=O) groups is 2. The van der Waals surface area contributed by atoms with E-state index in [0.29, 0.717) is 38.9 Å². The molecule has 1 aromatic heterocycles. The van der Waals surface area contributed by atoms with Gasteiger partial charge in [0, 0.05) is 16.1 Å². The maximum Gasteiger partial charge on any atom is 0.301 e. The molecule has 10 heteroatoms. The maximum absolute atomic E-state index is 13.5. The summed E-state index contributed by atoms with van der Waals surface area (Å²) in [6.07, 6.45) is 0. The number of Topliss-reactive ketones (excluding diaryl/α,β-unsaturated/α-hetero) is 1. The van der Waals surface area contributed by atoms with Crippen molar-refractivity contribution in [1.82, 2.24) is 4.98 Å². The number of amides is 1. The number of thiazole rings is 1. The van der Waals surface area contributed by atoms with E-state index in [1.165, 1.54) is 30.5 Å². The zero-order valence-electron chi connectivity index (χ0n) is 20.0. The third-order valence-electron chi connectivity index (χ3n) is 6.08. The number of hydrogen-bond acceptors (Lipinski definition) is 8. The van der Waals surface area contributed by atoms with Crippen molar-refractivity contribution in [3.63, 3.8) is 0 Å². The van der Waals surface area contributed by atoms with Gasteiger partial charge >= 0.3 is 5.91 Å². The van der Waals surface area contributed by atoms with E-state index in [4.69, 9.17) is 25.8 Å². The molecule has 0 bridgehead atoms. The molecular formula is C27H21ClN2O6S. The molecule has 0 spiro atoms. The molecule has 0 saturated carbocycles. The van der Waals surface area contributed by atoms with E-state index in [1.54, 1.807) is 61.7 Å². The highest BCUT2D eigenvalue weighted by Gasteiger charge is 2.49. The minimum Gasteiger partial charge on any atom is -0.507 e. The summed E-state index contributed by atoms with van der Waals surface area (Å²) in [5, 5.41) is 12.1. The predicted molar refractivity (Wildman–Crippen MR) is 142 cm³/mol. The van der Waals surface area contributed by atoms with Crippen LogP contribution in [0, 0.1) is 0 Å². The van der Waals surface area contributed by atoms with E-state index in [0.717, 1.165) is 4.70 Å². The highest BCUT2D eigenvalue weighted by molar-refractivity contribution is 7.22. The Labute approximate surface area is 221 Å². The van der Waals surface area contributed by atoms with Crippen LogP contribution < -0.4 is 19.1 Å². The minimum absolute atomic E-state index is 0.101. The third-order valence-corrected chi connectivity index (χ3v) is 7.35. The van der Waals surface area contributed by atoms with Crippen LogP contribution in [0.15, 0.2) is 66.2 Å². The van der Waals surface area contributed by atoms with Gasteiger partial charge in [0.2, 0.25) is 0 Å². The normalized spacial score (nSPS) is 16.9. The maximum atomic E-state index is 13.5. The second-order valence-electron chi connectivity index (χ2n) is 8.09. The number of para-hydroxylation sites is 1. The van der Waals surface area contributed by atoms with E-state index >= 15 is 0 Å². The SMILES string of the molecule is COc1ccc2nc(N3C(=O)C(=O)C(=C(O)c4ccc(Cl)cc4)C3c3cccc(OC)c3OC)sc2c1. The van der Waals surface area contributed by atoms with Crippen molar-refractivity contribution in [1.29, 1.82) is 0 Å². The van der Waals surface area contributed by atoms with E-state index in [-0.39, 0.29) is 16.5 Å². The van der Waals surface area contributed by atoms with Crippen molar-refractivity contribution < 1.29 is 28.9 Å². The molecule has 1 N–H and O–H groups in total. The summed E-state index contributed by atoms with van der Waals surface area (Å²) in [5.74, 6) is -0.637. The summed E-state index contributed by atoms with van der Waals surface area (Å²) in [6, 6.07) is 15.8. The number of aromatic nitrogens is 1. The first-order chi connectivity index (χ1) is 17.9. The van der Waals surface area contributed by atoms with Crippen LogP contribution in [0.2, 0.25) is 5.02 Å². The van der Waals surface area contributed by atoms with Gasteiger partial charge in [0.15, 0.2) is 16.6 Å². The number of rotatable bonds is 6. The highest BCUT2D eigenvalue weighted by atomic mass is 35.5. The van der Waals surface area contributed by atoms with Crippen LogP contribution in [0.4, 0.5) is 5.13 Å². The van der Waals surface area contributed by atoms with Crippen LogP contribution >= 0.6 is 22.9 Å². The average Bonchev–Trinajstić information content (AvgIpc) is 3.45.